The first kappa shape index (κ1) is 13.8. The van der Waals surface area contributed by atoms with Gasteiger partial charge in [-0.3, -0.25) is 10.1 Å². The molecule has 1 aliphatic rings. The van der Waals surface area contributed by atoms with Crippen LogP contribution in [0.4, 0.5) is 11.4 Å². The number of nitrogens with zero attached hydrogens (tertiary/aromatic N) is 2. The van der Waals surface area contributed by atoms with Crippen molar-refractivity contribution in [1.82, 2.24) is 0 Å². The van der Waals surface area contributed by atoms with Crippen molar-refractivity contribution in [2.75, 3.05) is 18.1 Å². The molecule has 1 N–H and O–H groups in total. The summed E-state index contributed by atoms with van der Waals surface area (Å²) in [5.74, 6) is 0. The zero-order chi connectivity index (χ0) is 13.8. The fourth-order valence-electron chi connectivity index (χ4n) is 2.46. The quantitative estimate of drug-likeness (QED) is 0.633. The van der Waals surface area contributed by atoms with Crippen LogP contribution in [0.25, 0.3) is 0 Å². The van der Waals surface area contributed by atoms with Gasteiger partial charge >= 0.3 is 0 Å². The van der Waals surface area contributed by atoms with Gasteiger partial charge in [0, 0.05) is 25.3 Å². The minimum Gasteiger partial charge on any atom is -0.396 e. The summed E-state index contributed by atoms with van der Waals surface area (Å²) in [5, 5.41) is 20.2. The maximum Gasteiger partial charge on any atom is 0.292 e. The van der Waals surface area contributed by atoms with E-state index in [1.54, 1.807) is 12.1 Å². The van der Waals surface area contributed by atoms with Crippen LogP contribution in [0.2, 0.25) is 0 Å². The zero-order valence-corrected chi connectivity index (χ0v) is 11.2. The molecule has 0 unspecified atom stereocenters. The molecule has 0 radical (unpaired) electrons. The van der Waals surface area contributed by atoms with Crippen molar-refractivity contribution >= 4 is 11.4 Å². The first-order chi connectivity index (χ1) is 9.13. The van der Waals surface area contributed by atoms with E-state index in [1.807, 2.05) is 13.0 Å². The summed E-state index contributed by atoms with van der Waals surface area (Å²) in [5.41, 5.74) is 1.88. The Morgan fingerprint density at radius 3 is 2.74 bits per heavy atom. The minimum atomic E-state index is -0.320. The molecule has 1 aromatic rings. The molecular formula is C14H20N2O3. The second-order valence-corrected chi connectivity index (χ2v) is 5.10. The fourth-order valence-corrected chi connectivity index (χ4v) is 2.46. The van der Waals surface area contributed by atoms with Gasteiger partial charge in [0.05, 0.1) is 4.92 Å². The molecule has 0 amide bonds. The highest BCUT2D eigenvalue weighted by molar-refractivity contribution is 5.65. The Morgan fingerprint density at radius 2 is 2.21 bits per heavy atom. The molecule has 1 fully saturated rings. The molecule has 0 bridgehead atoms. The lowest BCUT2D eigenvalue weighted by atomic mass is 9.90. The number of rotatable bonds is 6. The molecule has 1 aliphatic carbocycles. The van der Waals surface area contributed by atoms with Crippen LogP contribution in [0, 0.1) is 17.0 Å². The normalized spacial score (nSPS) is 15.1. The average molecular weight is 264 g/mol. The van der Waals surface area contributed by atoms with Crippen LogP contribution in [-0.2, 0) is 0 Å². The molecule has 19 heavy (non-hydrogen) atoms. The molecule has 2 rings (SSSR count). The fraction of sp³-hybridized carbons (Fsp3) is 0.571. The number of hydrogen-bond acceptors (Lipinski definition) is 4. The Labute approximate surface area is 113 Å². The van der Waals surface area contributed by atoms with E-state index in [-0.39, 0.29) is 17.2 Å². The Hall–Kier alpha value is -1.62. The van der Waals surface area contributed by atoms with Gasteiger partial charge in [-0.2, -0.15) is 0 Å². The summed E-state index contributed by atoms with van der Waals surface area (Å²) in [6, 6.07) is 5.61. The van der Waals surface area contributed by atoms with Gasteiger partial charge in [-0.15, -0.1) is 0 Å². The Kier molecular flexibility index (Phi) is 4.37. The van der Waals surface area contributed by atoms with Gasteiger partial charge in [0.2, 0.25) is 0 Å². The largest absolute Gasteiger partial charge is 0.396 e. The monoisotopic (exact) mass is 264 g/mol. The number of hydrogen-bond donors (Lipinski definition) is 1. The standard InChI is InChI=1S/C14H20N2O3/c1-11-6-7-13(16(18)19)14(10-11)15(8-3-9-17)12-4-2-5-12/h6-7,10,12,17H,2-5,8-9H2,1H3. The first-order valence-corrected chi connectivity index (χ1v) is 6.76. The van der Waals surface area contributed by atoms with Crippen molar-refractivity contribution in [3.8, 4) is 0 Å². The van der Waals surface area contributed by atoms with E-state index in [2.05, 4.69) is 4.90 Å². The molecule has 1 saturated carbocycles. The third-order valence-corrected chi connectivity index (χ3v) is 3.71. The smallest absolute Gasteiger partial charge is 0.292 e. The van der Waals surface area contributed by atoms with Crippen LogP contribution >= 0.6 is 0 Å². The van der Waals surface area contributed by atoms with Crippen molar-refractivity contribution in [1.29, 1.82) is 0 Å². The molecule has 0 spiro atoms. The van der Waals surface area contributed by atoms with E-state index in [0.29, 0.717) is 24.7 Å². The van der Waals surface area contributed by atoms with Crippen molar-refractivity contribution in [3.05, 3.63) is 33.9 Å². The summed E-state index contributed by atoms with van der Waals surface area (Å²) in [7, 11) is 0. The third kappa shape index (κ3) is 3.04. The predicted octanol–water partition coefficient (Wildman–Crippen LogP) is 2.64. The molecule has 5 nitrogen and oxygen atoms in total. The summed E-state index contributed by atoms with van der Waals surface area (Å²) in [6.07, 6.45) is 3.98. The maximum absolute atomic E-state index is 11.2. The van der Waals surface area contributed by atoms with Gasteiger partial charge in [0.15, 0.2) is 0 Å². The van der Waals surface area contributed by atoms with E-state index in [9.17, 15) is 10.1 Å². The number of nitro benzene ring substituents is 1. The lowest BCUT2D eigenvalue weighted by Crippen LogP contribution is -2.41. The highest BCUT2D eigenvalue weighted by atomic mass is 16.6. The summed E-state index contributed by atoms with van der Waals surface area (Å²) < 4.78 is 0. The molecule has 0 aromatic heterocycles. The van der Waals surface area contributed by atoms with Gasteiger partial charge in [-0.1, -0.05) is 6.07 Å². The average Bonchev–Trinajstić information content (AvgIpc) is 2.31. The molecular weight excluding hydrogens is 244 g/mol. The second-order valence-electron chi connectivity index (χ2n) is 5.10. The van der Waals surface area contributed by atoms with Crippen LogP contribution in [0.1, 0.15) is 31.2 Å². The van der Waals surface area contributed by atoms with Crippen molar-refractivity contribution in [2.24, 2.45) is 0 Å². The minimum absolute atomic E-state index is 0.114. The van der Waals surface area contributed by atoms with E-state index in [1.165, 1.54) is 6.42 Å². The number of aliphatic hydroxyl groups is 1. The van der Waals surface area contributed by atoms with Crippen molar-refractivity contribution in [2.45, 2.75) is 38.6 Å². The molecule has 1 aromatic carbocycles. The Bertz CT molecular complexity index is 458. The molecule has 0 saturated heterocycles. The summed E-state index contributed by atoms with van der Waals surface area (Å²) in [6.45, 7) is 2.73. The number of benzene rings is 1. The van der Waals surface area contributed by atoms with Crippen molar-refractivity contribution < 1.29 is 10.0 Å². The maximum atomic E-state index is 11.2. The van der Waals surface area contributed by atoms with E-state index >= 15 is 0 Å². The van der Waals surface area contributed by atoms with Crippen LogP contribution < -0.4 is 4.90 Å². The lowest BCUT2D eigenvalue weighted by molar-refractivity contribution is -0.384. The van der Waals surface area contributed by atoms with E-state index in [4.69, 9.17) is 5.11 Å². The van der Waals surface area contributed by atoms with Crippen LogP contribution in [0.5, 0.6) is 0 Å². The number of anilines is 1. The summed E-state index contributed by atoms with van der Waals surface area (Å²) >= 11 is 0. The van der Waals surface area contributed by atoms with Crippen LogP contribution in [-0.4, -0.2) is 29.2 Å². The van der Waals surface area contributed by atoms with Gasteiger partial charge in [0.1, 0.15) is 5.69 Å². The van der Waals surface area contributed by atoms with Gasteiger partial charge in [-0.05, 0) is 44.2 Å². The Balaban J connectivity index is 2.33. The SMILES string of the molecule is Cc1ccc([N+](=O)[O-])c(N(CCCO)C2CCC2)c1. The number of nitro groups is 1. The van der Waals surface area contributed by atoms with Gasteiger partial charge in [-0.25, -0.2) is 0 Å². The van der Waals surface area contributed by atoms with E-state index < -0.39 is 0 Å². The summed E-state index contributed by atoms with van der Waals surface area (Å²) in [4.78, 5) is 13.0. The Morgan fingerprint density at radius 1 is 1.47 bits per heavy atom. The van der Waals surface area contributed by atoms with Gasteiger partial charge in [0.25, 0.3) is 5.69 Å². The first-order valence-electron chi connectivity index (χ1n) is 6.76. The highest BCUT2D eigenvalue weighted by Gasteiger charge is 2.29. The van der Waals surface area contributed by atoms with Gasteiger partial charge < -0.3 is 10.0 Å². The molecule has 0 heterocycles. The molecule has 0 aliphatic heterocycles. The lowest BCUT2D eigenvalue weighted by Gasteiger charge is -2.39. The topological polar surface area (TPSA) is 66.6 Å². The van der Waals surface area contributed by atoms with Crippen LogP contribution in [0.15, 0.2) is 18.2 Å². The molecule has 5 heteroatoms. The second kappa shape index (κ2) is 6.02. The zero-order valence-electron chi connectivity index (χ0n) is 11.2. The van der Waals surface area contributed by atoms with Crippen LogP contribution in [0.3, 0.4) is 0 Å². The third-order valence-electron chi connectivity index (χ3n) is 3.71. The highest BCUT2D eigenvalue weighted by Crippen LogP contribution is 2.35. The molecule has 104 valence electrons. The number of aliphatic hydroxyl groups excluding tert-OH is 1. The van der Waals surface area contributed by atoms with E-state index in [0.717, 1.165) is 18.4 Å². The number of aryl methyl sites for hydroxylation is 1. The molecule has 0 atom stereocenters. The predicted molar refractivity (Wildman–Crippen MR) is 74.5 cm³/mol. The van der Waals surface area contributed by atoms with Crippen molar-refractivity contribution in [3.63, 3.8) is 0 Å².